The van der Waals surface area contributed by atoms with Gasteiger partial charge in [0, 0.05) is 17.8 Å². The predicted octanol–water partition coefficient (Wildman–Crippen LogP) is 3.26. The molecule has 5 heteroatoms. The van der Waals surface area contributed by atoms with E-state index >= 15 is 0 Å². The van der Waals surface area contributed by atoms with E-state index in [4.69, 9.17) is 10.7 Å². The molecular weight excluding hydrogens is 336 g/mol. The van der Waals surface area contributed by atoms with Crippen molar-refractivity contribution in [3.63, 3.8) is 0 Å². The largest absolute Gasteiger partial charge is 0.390 e. The second-order valence-electron chi connectivity index (χ2n) is 9.46. The van der Waals surface area contributed by atoms with Crippen LogP contribution in [0, 0.1) is 17.3 Å². The van der Waals surface area contributed by atoms with Gasteiger partial charge in [0.15, 0.2) is 0 Å². The van der Waals surface area contributed by atoms with E-state index in [1.807, 2.05) is 18.2 Å². The Morgan fingerprint density at radius 3 is 2.63 bits per heavy atom. The molecule has 2 unspecified atom stereocenters. The summed E-state index contributed by atoms with van der Waals surface area (Å²) in [6.45, 7) is 2.84. The van der Waals surface area contributed by atoms with Crippen LogP contribution in [0.3, 0.4) is 0 Å². The van der Waals surface area contributed by atoms with Crippen LogP contribution in [0.2, 0.25) is 0 Å². The summed E-state index contributed by atoms with van der Waals surface area (Å²) in [5, 5.41) is 15.9. The Bertz CT molecular complexity index is 853. The molecule has 1 aromatic heterocycles. The molecule has 4 aliphatic carbocycles. The lowest BCUT2D eigenvalue weighted by atomic mass is 9.46. The van der Waals surface area contributed by atoms with Crippen molar-refractivity contribution in [2.75, 3.05) is 11.9 Å². The molecule has 4 saturated carbocycles. The third-order valence-electron chi connectivity index (χ3n) is 7.36. The highest BCUT2D eigenvalue weighted by molar-refractivity contribution is 5.89. The van der Waals surface area contributed by atoms with Crippen molar-refractivity contribution in [3.05, 3.63) is 30.1 Å². The fraction of sp³-hybridized carbons (Fsp3) is 0.636. The lowest BCUT2D eigenvalue weighted by Gasteiger charge is -2.62. The van der Waals surface area contributed by atoms with Crippen LogP contribution in [-0.2, 0) is 6.42 Å². The molecule has 0 radical (unpaired) electrons. The molecule has 6 rings (SSSR count). The van der Waals surface area contributed by atoms with E-state index < -0.39 is 5.60 Å². The van der Waals surface area contributed by atoms with Crippen molar-refractivity contribution in [2.45, 2.75) is 63.5 Å². The van der Waals surface area contributed by atoms with Gasteiger partial charge >= 0.3 is 0 Å². The molecule has 0 spiro atoms. The molecule has 1 heterocycles. The lowest BCUT2D eigenvalue weighted by Crippen LogP contribution is -2.60. The van der Waals surface area contributed by atoms with Crippen molar-refractivity contribution in [1.82, 2.24) is 9.97 Å². The summed E-state index contributed by atoms with van der Waals surface area (Å²) >= 11 is 0. The minimum absolute atomic E-state index is 0.179. The summed E-state index contributed by atoms with van der Waals surface area (Å²) in [6, 6.07) is 8.46. The number of benzene rings is 1. The summed E-state index contributed by atoms with van der Waals surface area (Å²) in [5.74, 6) is 3.10. The van der Waals surface area contributed by atoms with Gasteiger partial charge < -0.3 is 16.2 Å². The van der Waals surface area contributed by atoms with E-state index in [2.05, 4.69) is 23.3 Å². The quantitative estimate of drug-likeness (QED) is 0.756. The van der Waals surface area contributed by atoms with Gasteiger partial charge in [-0.1, -0.05) is 12.1 Å². The van der Waals surface area contributed by atoms with Crippen molar-refractivity contribution in [3.8, 4) is 0 Å². The summed E-state index contributed by atoms with van der Waals surface area (Å²) in [5.41, 5.74) is 6.46. The first-order valence-corrected chi connectivity index (χ1v) is 10.4. The molecule has 5 nitrogen and oxygen atoms in total. The number of nitrogens with two attached hydrogens (primary N) is 1. The van der Waals surface area contributed by atoms with E-state index in [9.17, 15) is 5.11 Å². The minimum Gasteiger partial charge on any atom is -0.390 e. The van der Waals surface area contributed by atoms with Gasteiger partial charge in [-0.25, -0.2) is 9.97 Å². The van der Waals surface area contributed by atoms with Crippen LogP contribution in [0.25, 0.3) is 10.9 Å². The van der Waals surface area contributed by atoms with Crippen LogP contribution in [0.5, 0.6) is 0 Å². The third kappa shape index (κ3) is 2.92. The maximum atomic E-state index is 11.1. The highest BCUT2D eigenvalue weighted by Gasteiger charge is 2.58. The monoisotopic (exact) mass is 366 g/mol. The smallest absolute Gasteiger partial charge is 0.137 e. The summed E-state index contributed by atoms with van der Waals surface area (Å²) in [7, 11) is 0. The first-order valence-electron chi connectivity index (χ1n) is 10.4. The molecule has 27 heavy (non-hydrogen) atoms. The Morgan fingerprint density at radius 1 is 1.19 bits per heavy atom. The highest BCUT2D eigenvalue weighted by Crippen LogP contribution is 2.63. The van der Waals surface area contributed by atoms with Gasteiger partial charge in [0.1, 0.15) is 11.6 Å². The molecule has 4 aliphatic rings. The SMILES string of the molecule is C[C@@H](Nc1nc(CCN)nc2ccccc12)C12C[C@@H]3C[C@@H](CC(O)(C3)C1)C2. The van der Waals surface area contributed by atoms with E-state index in [1.165, 1.54) is 19.3 Å². The molecule has 2 aromatic rings. The average Bonchev–Trinajstić information content (AvgIpc) is 2.60. The van der Waals surface area contributed by atoms with Crippen LogP contribution in [0.4, 0.5) is 5.82 Å². The number of aromatic nitrogens is 2. The van der Waals surface area contributed by atoms with Gasteiger partial charge in [-0.05, 0) is 81.4 Å². The summed E-state index contributed by atoms with van der Waals surface area (Å²) in [4.78, 5) is 9.48. The summed E-state index contributed by atoms with van der Waals surface area (Å²) in [6.07, 6.45) is 7.41. The number of hydrogen-bond acceptors (Lipinski definition) is 5. The number of fused-ring (bicyclic) bond motifs is 1. The molecule has 144 valence electrons. The van der Waals surface area contributed by atoms with Gasteiger partial charge in [-0.2, -0.15) is 0 Å². The Balaban J connectivity index is 1.48. The van der Waals surface area contributed by atoms with Crippen molar-refractivity contribution in [2.24, 2.45) is 23.0 Å². The Kier molecular flexibility index (Phi) is 3.96. The van der Waals surface area contributed by atoms with Crippen LogP contribution in [0.15, 0.2) is 24.3 Å². The number of para-hydroxylation sites is 1. The van der Waals surface area contributed by atoms with Crippen molar-refractivity contribution >= 4 is 16.7 Å². The number of nitrogens with one attached hydrogen (secondary N) is 1. The van der Waals surface area contributed by atoms with Gasteiger partial charge in [0.05, 0.1) is 11.1 Å². The van der Waals surface area contributed by atoms with Gasteiger partial charge in [0.25, 0.3) is 0 Å². The van der Waals surface area contributed by atoms with E-state index in [0.717, 1.165) is 41.8 Å². The first-order chi connectivity index (χ1) is 13.0. The zero-order chi connectivity index (χ0) is 18.6. The molecule has 4 bridgehead atoms. The topological polar surface area (TPSA) is 84.1 Å². The molecule has 0 aliphatic heterocycles. The van der Waals surface area contributed by atoms with Crippen LogP contribution in [-0.4, -0.2) is 33.3 Å². The molecule has 0 amide bonds. The third-order valence-corrected chi connectivity index (χ3v) is 7.36. The molecule has 4 fully saturated rings. The van der Waals surface area contributed by atoms with Crippen molar-refractivity contribution in [1.29, 1.82) is 0 Å². The highest BCUT2D eigenvalue weighted by atomic mass is 16.3. The number of hydrogen-bond donors (Lipinski definition) is 3. The Labute approximate surface area is 160 Å². The van der Waals surface area contributed by atoms with Gasteiger partial charge in [0.2, 0.25) is 0 Å². The molecule has 5 atom stereocenters. The van der Waals surface area contributed by atoms with Gasteiger partial charge in [-0.3, -0.25) is 0 Å². The molecule has 1 aromatic carbocycles. The fourth-order valence-electron chi connectivity index (χ4n) is 6.62. The number of aliphatic hydroxyl groups is 1. The minimum atomic E-state index is -0.432. The van der Waals surface area contributed by atoms with E-state index in [1.54, 1.807) is 0 Å². The standard InChI is InChI=1S/C22H30N4O/c1-14(21-9-15-8-16(10-21)12-22(27,11-15)13-21)24-20-17-4-2-3-5-18(17)25-19(26-20)6-7-23/h2-5,14-16,27H,6-13,23H2,1H3,(H,24,25,26)/t14-,15-,16+,21?,22?/m1/s1. The van der Waals surface area contributed by atoms with E-state index in [0.29, 0.717) is 24.8 Å². The number of anilines is 1. The second-order valence-corrected chi connectivity index (χ2v) is 9.46. The predicted molar refractivity (Wildman–Crippen MR) is 107 cm³/mol. The number of nitrogens with zero attached hydrogens (tertiary/aromatic N) is 2. The van der Waals surface area contributed by atoms with Crippen LogP contribution in [0.1, 0.15) is 51.3 Å². The lowest BCUT2D eigenvalue weighted by molar-refractivity contribution is -0.167. The van der Waals surface area contributed by atoms with E-state index in [-0.39, 0.29) is 11.5 Å². The van der Waals surface area contributed by atoms with Gasteiger partial charge in [-0.15, -0.1) is 0 Å². The Hall–Kier alpha value is -1.72. The zero-order valence-corrected chi connectivity index (χ0v) is 16.1. The average molecular weight is 367 g/mol. The second kappa shape index (κ2) is 6.14. The maximum Gasteiger partial charge on any atom is 0.137 e. The molecule has 4 N–H and O–H groups in total. The van der Waals surface area contributed by atoms with Crippen molar-refractivity contribution < 1.29 is 5.11 Å². The first kappa shape index (κ1) is 17.4. The number of rotatable bonds is 5. The fourth-order valence-corrected chi connectivity index (χ4v) is 6.62. The van der Waals surface area contributed by atoms with Crippen LogP contribution >= 0.6 is 0 Å². The molecule has 0 saturated heterocycles. The Morgan fingerprint density at radius 2 is 1.93 bits per heavy atom. The molecular formula is C22H30N4O. The van der Waals surface area contributed by atoms with Crippen LogP contribution < -0.4 is 11.1 Å². The zero-order valence-electron chi connectivity index (χ0n) is 16.1. The maximum absolute atomic E-state index is 11.1. The summed E-state index contributed by atoms with van der Waals surface area (Å²) < 4.78 is 0. The normalized spacial score (nSPS) is 35.5.